The van der Waals surface area contributed by atoms with Crippen LogP contribution in [0.4, 0.5) is 10.1 Å². The van der Waals surface area contributed by atoms with E-state index in [1.165, 1.54) is 36.3 Å². The summed E-state index contributed by atoms with van der Waals surface area (Å²) in [5.41, 5.74) is 1.48. The topological polar surface area (TPSA) is 55.8 Å². The molecule has 0 radical (unpaired) electrons. The SMILES string of the molecule is COc1cc(C=C2SC(=S)N(c3ccc(F)cc3)C2=O)ccc1OC(=O)c1ccc(Cl)cc1. The van der Waals surface area contributed by atoms with Gasteiger partial charge in [-0.2, -0.15) is 0 Å². The number of carbonyl (C=O) groups excluding carboxylic acids is 2. The fraction of sp³-hybridized carbons (Fsp3) is 0.0417. The van der Waals surface area contributed by atoms with Gasteiger partial charge in [-0.3, -0.25) is 9.69 Å². The predicted molar refractivity (Wildman–Crippen MR) is 131 cm³/mol. The molecule has 0 atom stereocenters. The van der Waals surface area contributed by atoms with E-state index in [4.69, 9.17) is 33.3 Å². The Balaban J connectivity index is 1.55. The largest absolute Gasteiger partial charge is 0.493 e. The van der Waals surface area contributed by atoms with E-state index in [1.807, 2.05) is 0 Å². The van der Waals surface area contributed by atoms with Crippen LogP contribution in [-0.2, 0) is 4.79 Å². The molecule has 3 aromatic rings. The van der Waals surface area contributed by atoms with Crippen molar-refractivity contribution >= 4 is 63.5 Å². The van der Waals surface area contributed by atoms with E-state index >= 15 is 0 Å². The molecule has 0 aromatic heterocycles. The molecule has 9 heteroatoms. The molecule has 1 heterocycles. The lowest BCUT2D eigenvalue weighted by Gasteiger charge is -2.14. The molecule has 5 nitrogen and oxygen atoms in total. The minimum absolute atomic E-state index is 0.230. The third kappa shape index (κ3) is 5.08. The number of methoxy groups -OCH3 is 1. The summed E-state index contributed by atoms with van der Waals surface area (Å²) < 4.78 is 24.4. The summed E-state index contributed by atoms with van der Waals surface area (Å²) in [6, 6.07) is 16.8. The maximum atomic E-state index is 13.2. The second kappa shape index (κ2) is 9.74. The first kappa shape index (κ1) is 23.0. The summed E-state index contributed by atoms with van der Waals surface area (Å²) in [6.45, 7) is 0. The minimum Gasteiger partial charge on any atom is -0.493 e. The number of esters is 1. The Bertz CT molecular complexity index is 1280. The molecule has 0 saturated carbocycles. The van der Waals surface area contributed by atoms with Crippen molar-refractivity contribution in [3.8, 4) is 11.5 Å². The van der Waals surface area contributed by atoms with Gasteiger partial charge in [0.05, 0.1) is 23.3 Å². The van der Waals surface area contributed by atoms with Crippen LogP contribution in [-0.4, -0.2) is 23.3 Å². The fourth-order valence-corrected chi connectivity index (χ4v) is 4.46. The van der Waals surface area contributed by atoms with Gasteiger partial charge in [-0.1, -0.05) is 41.6 Å². The number of nitrogens with zero attached hydrogens (tertiary/aromatic N) is 1. The van der Waals surface area contributed by atoms with Crippen LogP contribution in [0.25, 0.3) is 6.08 Å². The molecule has 33 heavy (non-hydrogen) atoms. The Labute approximate surface area is 203 Å². The van der Waals surface area contributed by atoms with Crippen LogP contribution in [0.2, 0.25) is 5.02 Å². The molecular formula is C24H15ClFNO4S2. The summed E-state index contributed by atoms with van der Waals surface area (Å²) >= 11 is 12.3. The molecule has 1 saturated heterocycles. The van der Waals surface area contributed by atoms with Gasteiger partial charge < -0.3 is 9.47 Å². The van der Waals surface area contributed by atoms with Crippen molar-refractivity contribution < 1.29 is 23.5 Å². The summed E-state index contributed by atoms with van der Waals surface area (Å²) in [4.78, 5) is 27.1. The molecule has 1 amide bonds. The molecule has 0 unspecified atom stereocenters. The molecular weight excluding hydrogens is 485 g/mol. The average molecular weight is 500 g/mol. The van der Waals surface area contributed by atoms with Crippen LogP contribution in [0.5, 0.6) is 11.5 Å². The highest BCUT2D eigenvalue weighted by Crippen LogP contribution is 2.37. The summed E-state index contributed by atoms with van der Waals surface area (Å²) in [7, 11) is 1.45. The molecule has 3 aromatic carbocycles. The van der Waals surface area contributed by atoms with Gasteiger partial charge in [-0.25, -0.2) is 9.18 Å². The molecule has 0 aliphatic carbocycles. The molecule has 1 aliphatic rings. The Morgan fingerprint density at radius 1 is 1.06 bits per heavy atom. The second-order valence-corrected chi connectivity index (χ2v) is 8.91. The zero-order chi connectivity index (χ0) is 23.5. The monoisotopic (exact) mass is 499 g/mol. The van der Waals surface area contributed by atoms with Gasteiger partial charge >= 0.3 is 5.97 Å². The van der Waals surface area contributed by atoms with Crippen molar-refractivity contribution in [3.05, 3.63) is 93.6 Å². The average Bonchev–Trinajstić information content (AvgIpc) is 3.08. The van der Waals surface area contributed by atoms with Crippen molar-refractivity contribution in [2.75, 3.05) is 12.0 Å². The van der Waals surface area contributed by atoms with Crippen LogP contribution < -0.4 is 14.4 Å². The summed E-state index contributed by atoms with van der Waals surface area (Å²) in [5.74, 6) is -0.719. The van der Waals surface area contributed by atoms with Gasteiger partial charge in [0.2, 0.25) is 0 Å². The van der Waals surface area contributed by atoms with E-state index in [0.717, 1.165) is 11.8 Å². The Morgan fingerprint density at radius 2 is 1.76 bits per heavy atom. The third-order valence-corrected chi connectivity index (χ3v) is 6.20. The van der Waals surface area contributed by atoms with Gasteiger partial charge in [0, 0.05) is 5.02 Å². The normalized spacial score (nSPS) is 14.6. The maximum absolute atomic E-state index is 13.2. The predicted octanol–water partition coefficient (Wildman–Crippen LogP) is 6.11. The van der Waals surface area contributed by atoms with E-state index in [9.17, 15) is 14.0 Å². The Kier molecular flexibility index (Phi) is 6.78. The van der Waals surface area contributed by atoms with E-state index in [1.54, 1.807) is 48.5 Å². The lowest BCUT2D eigenvalue weighted by molar-refractivity contribution is -0.113. The van der Waals surface area contributed by atoms with Gasteiger partial charge in [0.1, 0.15) is 5.82 Å². The van der Waals surface area contributed by atoms with Gasteiger partial charge in [-0.05, 0) is 72.3 Å². The lowest BCUT2D eigenvalue weighted by Crippen LogP contribution is -2.27. The number of benzene rings is 3. The quantitative estimate of drug-likeness (QED) is 0.183. The molecule has 0 bridgehead atoms. The highest BCUT2D eigenvalue weighted by atomic mass is 35.5. The van der Waals surface area contributed by atoms with Crippen LogP contribution in [0.1, 0.15) is 15.9 Å². The molecule has 1 fully saturated rings. The summed E-state index contributed by atoms with van der Waals surface area (Å²) in [5, 5.41) is 0.512. The molecule has 1 aliphatic heterocycles. The Hall–Kier alpha value is -3.20. The molecule has 0 spiro atoms. The summed E-state index contributed by atoms with van der Waals surface area (Å²) in [6.07, 6.45) is 1.66. The number of ether oxygens (including phenoxy) is 2. The number of anilines is 1. The van der Waals surface area contributed by atoms with Crippen LogP contribution in [0.15, 0.2) is 71.6 Å². The van der Waals surface area contributed by atoms with Crippen molar-refractivity contribution in [2.24, 2.45) is 0 Å². The van der Waals surface area contributed by atoms with E-state index in [-0.39, 0.29) is 11.7 Å². The maximum Gasteiger partial charge on any atom is 0.343 e. The number of halogens is 2. The number of rotatable bonds is 5. The first-order valence-corrected chi connectivity index (χ1v) is 11.2. The van der Waals surface area contributed by atoms with Crippen LogP contribution >= 0.6 is 35.6 Å². The van der Waals surface area contributed by atoms with Gasteiger partial charge in [0.15, 0.2) is 15.8 Å². The van der Waals surface area contributed by atoms with Crippen molar-refractivity contribution in [1.82, 2.24) is 0 Å². The van der Waals surface area contributed by atoms with Crippen molar-refractivity contribution in [3.63, 3.8) is 0 Å². The van der Waals surface area contributed by atoms with E-state index < -0.39 is 11.8 Å². The zero-order valence-corrected chi connectivity index (χ0v) is 19.5. The van der Waals surface area contributed by atoms with Gasteiger partial charge in [-0.15, -0.1) is 0 Å². The number of hydrogen-bond acceptors (Lipinski definition) is 6. The van der Waals surface area contributed by atoms with E-state index in [2.05, 4.69) is 0 Å². The van der Waals surface area contributed by atoms with Crippen LogP contribution in [0, 0.1) is 5.82 Å². The van der Waals surface area contributed by atoms with Gasteiger partial charge in [0.25, 0.3) is 5.91 Å². The van der Waals surface area contributed by atoms with Crippen molar-refractivity contribution in [1.29, 1.82) is 0 Å². The lowest BCUT2D eigenvalue weighted by atomic mass is 10.1. The number of carbonyl (C=O) groups is 2. The fourth-order valence-electron chi connectivity index (χ4n) is 3.03. The molecule has 166 valence electrons. The van der Waals surface area contributed by atoms with Crippen molar-refractivity contribution in [2.45, 2.75) is 0 Å². The second-order valence-electron chi connectivity index (χ2n) is 6.80. The number of hydrogen-bond donors (Lipinski definition) is 0. The minimum atomic E-state index is -0.558. The number of thiocarbonyl (C=S) groups is 1. The highest BCUT2D eigenvalue weighted by Gasteiger charge is 2.33. The molecule has 0 N–H and O–H groups in total. The van der Waals surface area contributed by atoms with E-state index in [0.29, 0.717) is 36.8 Å². The first-order valence-electron chi connectivity index (χ1n) is 9.55. The highest BCUT2D eigenvalue weighted by molar-refractivity contribution is 8.27. The zero-order valence-electron chi connectivity index (χ0n) is 17.1. The first-order chi connectivity index (χ1) is 15.9. The number of thioether (sulfide) groups is 1. The molecule has 4 rings (SSSR count). The number of amides is 1. The standard InChI is InChI=1S/C24H15ClFNO4S2/c1-30-20-12-14(2-11-19(20)31-23(29)15-3-5-16(25)6-4-15)13-21-22(28)27(24(32)33-21)18-9-7-17(26)8-10-18/h2-13H,1H3. The third-order valence-electron chi connectivity index (χ3n) is 4.65. The smallest absolute Gasteiger partial charge is 0.343 e. The Morgan fingerprint density at radius 3 is 2.42 bits per heavy atom. The van der Waals surface area contributed by atoms with Crippen LogP contribution in [0.3, 0.4) is 0 Å².